The zero-order chi connectivity index (χ0) is 9.97. The van der Waals surface area contributed by atoms with E-state index in [2.05, 4.69) is 10.4 Å². The Hall–Kier alpha value is -1.36. The third-order valence-corrected chi connectivity index (χ3v) is 2.49. The van der Waals surface area contributed by atoms with Crippen molar-refractivity contribution in [3.63, 3.8) is 0 Å². The minimum absolute atomic E-state index is 0.260. The van der Waals surface area contributed by atoms with Gasteiger partial charge >= 0.3 is 5.97 Å². The number of piperidine rings is 1. The molecule has 0 amide bonds. The average Bonchev–Trinajstić information content (AvgIpc) is 2.68. The Balaban J connectivity index is 2.11. The topological polar surface area (TPSA) is 67.1 Å². The van der Waals surface area contributed by atoms with Gasteiger partial charge in [0.05, 0.1) is 17.8 Å². The summed E-state index contributed by atoms with van der Waals surface area (Å²) in [6.07, 6.45) is 5.18. The molecule has 2 heterocycles. The molecule has 1 saturated heterocycles. The highest BCUT2D eigenvalue weighted by atomic mass is 16.4. The van der Waals surface area contributed by atoms with Crippen molar-refractivity contribution in [1.82, 2.24) is 15.1 Å². The summed E-state index contributed by atoms with van der Waals surface area (Å²) in [5.74, 6) is -0.917. The predicted molar refractivity (Wildman–Crippen MR) is 50.3 cm³/mol. The largest absolute Gasteiger partial charge is 0.478 e. The minimum Gasteiger partial charge on any atom is -0.478 e. The van der Waals surface area contributed by atoms with Gasteiger partial charge in [0.15, 0.2) is 0 Å². The number of carboxylic acids is 1. The summed E-state index contributed by atoms with van der Waals surface area (Å²) in [4.78, 5) is 10.6. The van der Waals surface area contributed by atoms with Crippen molar-refractivity contribution < 1.29 is 9.90 Å². The molecule has 5 nitrogen and oxygen atoms in total. The smallest absolute Gasteiger partial charge is 0.338 e. The normalized spacial score (nSPS) is 22.1. The number of hydrogen-bond acceptors (Lipinski definition) is 3. The van der Waals surface area contributed by atoms with Crippen molar-refractivity contribution in [2.75, 3.05) is 13.1 Å². The highest BCUT2D eigenvalue weighted by Crippen LogP contribution is 2.15. The van der Waals surface area contributed by atoms with E-state index in [0.29, 0.717) is 6.04 Å². The van der Waals surface area contributed by atoms with E-state index in [1.807, 2.05) is 0 Å². The predicted octanol–water partition coefficient (Wildman–Crippen LogP) is 0.506. The van der Waals surface area contributed by atoms with Gasteiger partial charge < -0.3 is 10.4 Å². The van der Waals surface area contributed by atoms with Crippen molar-refractivity contribution >= 4 is 5.97 Å². The molecule has 0 unspecified atom stereocenters. The van der Waals surface area contributed by atoms with E-state index in [9.17, 15) is 4.79 Å². The molecule has 0 spiro atoms. The molecule has 5 heteroatoms. The number of nitrogens with zero attached hydrogens (tertiary/aromatic N) is 2. The number of carbonyl (C=O) groups is 1. The maximum absolute atomic E-state index is 10.6. The minimum atomic E-state index is -0.917. The molecular weight excluding hydrogens is 182 g/mol. The number of rotatable bonds is 2. The average molecular weight is 195 g/mol. The molecular formula is C9H13N3O2. The van der Waals surface area contributed by atoms with Crippen molar-refractivity contribution in [3.8, 4) is 0 Å². The highest BCUT2D eigenvalue weighted by Gasteiger charge is 2.16. The van der Waals surface area contributed by atoms with E-state index in [1.54, 1.807) is 10.9 Å². The number of aromatic carboxylic acids is 1. The second kappa shape index (κ2) is 3.79. The van der Waals surface area contributed by atoms with Crippen LogP contribution in [0.25, 0.3) is 0 Å². The first-order valence-electron chi connectivity index (χ1n) is 4.75. The van der Waals surface area contributed by atoms with Crippen LogP contribution in [0.4, 0.5) is 0 Å². The monoisotopic (exact) mass is 195 g/mol. The Bertz CT molecular complexity index is 329. The van der Waals surface area contributed by atoms with Gasteiger partial charge in [-0.15, -0.1) is 0 Å². The van der Waals surface area contributed by atoms with Gasteiger partial charge in [-0.3, -0.25) is 4.68 Å². The molecule has 1 aromatic heterocycles. The first kappa shape index (κ1) is 9.21. The van der Waals surface area contributed by atoms with Gasteiger partial charge in [0.25, 0.3) is 0 Å². The molecule has 14 heavy (non-hydrogen) atoms. The number of carboxylic acid groups (broad SMARTS) is 1. The first-order chi connectivity index (χ1) is 6.77. The van der Waals surface area contributed by atoms with Gasteiger partial charge in [-0.1, -0.05) is 0 Å². The van der Waals surface area contributed by atoms with Crippen LogP contribution in [0.2, 0.25) is 0 Å². The summed E-state index contributed by atoms with van der Waals surface area (Å²) in [6, 6.07) is 0.303. The Labute approximate surface area is 81.7 Å². The lowest BCUT2D eigenvalue weighted by atomic mass is 10.1. The van der Waals surface area contributed by atoms with Crippen molar-refractivity contribution in [2.24, 2.45) is 0 Å². The molecule has 1 aromatic rings. The summed E-state index contributed by atoms with van der Waals surface area (Å²) in [5.41, 5.74) is 0.260. The van der Waals surface area contributed by atoms with E-state index in [-0.39, 0.29) is 5.56 Å². The zero-order valence-corrected chi connectivity index (χ0v) is 7.81. The molecule has 0 saturated carbocycles. The van der Waals surface area contributed by atoms with Crippen LogP contribution in [0, 0.1) is 0 Å². The number of hydrogen-bond donors (Lipinski definition) is 2. The van der Waals surface area contributed by atoms with Crippen molar-refractivity contribution in [1.29, 1.82) is 0 Å². The van der Waals surface area contributed by atoms with Gasteiger partial charge in [0, 0.05) is 12.7 Å². The van der Waals surface area contributed by atoms with Crippen molar-refractivity contribution in [3.05, 3.63) is 18.0 Å². The number of aromatic nitrogens is 2. The third-order valence-electron chi connectivity index (χ3n) is 2.49. The van der Waals surface area contributed by atoms with Crippen LogP contribution in [0.1, 0.15) is 29.2 Å². The van der Waals surface area contributed by atoms with E-state index in [1.165, 1.54) is 6.20 Å². The summed E-state index contributed by atoms with van der Waals surface area (Å²) >= 11 is 0. The molecule has 2 N–H and O–H groups in total. The van der Waals surface area contributed by atoms with E-state index < -0.39 is 5.97 Å². The molecule has 1 fully saturated rings. The quantitative estimate of drug-likeness (QED) is 0.721. The van der Waals surface area contributed by atoms with Gasteiger partial charge in [0.2, 0.25) is 0 Å². The lowest BCUT2D eigenvalue weighted by molar-refractivity contribution is 0.0696. The van der Waals surface area contributed by atoms with Gasteiger partial charge in [-0.2, -0.15) is 5.10 Å². The Kier molecular flexibility index (Phi) is 2.49. The van der Waals surface area contributed by atoms with E-state index in [0.717, 1.165) is 25.9 Å². The maximum atomic E-state index is 10.6. The second-order valence-corrected chi connectivity index (χ2v) is 3.51. The molecule has 2 rings (SSSR count). The van der Waals surface area contributed by atoms with Crippen molar-refractivity contribution in [2.45, 2.75) is 18.9 Å². The fraction of sp³-hybridized carbons (Fsp3) is 0.556. The third kappa shape index (κ3) is 1.77. The van der Waals surface area contributed by atoms with Gasteiger partial charge in [0.1, 0.15) is 0 Å². The summed E-state index contributed by atoms with van der Waals surface area (Å²) in [6.45, 7) is 1.92. The lowest BCUT2D eigenvalue weighted by Crippen LogP contribution is -2.31. The highest BCUT2D eigenvalue weighted by molar-refractivity contribution is 5.86. The van der Waals surface area contributed by atoms with Crippen LogP contribution in [0.15, 0.2) is 12.4 Å². The molecule has 1 aliphatic rings. The molecule has 1 aliphatic heterocycles. The Morgan fingerprint density at radius 2 is 2.57 bits per heavy atom. The molecule has 1 atom stereocenters. The molecule has 0 radical (unpaired) electrons. The summed E-state index contributed by atoms with van der Waals surface area (Å²) < 4.78 is 1.75. The van der Waals surface area contributed by atoms with Gasteiger partial charge in [-0.25, -0.2) is 4.79 Å². The lowest BCUT2D eigenvalue weighted by Gasteiger charge is -2.22. The first-order valence-corrected chi connectivity index (χ1v) is 4.75. The fourth-order valence-electron chi connectivity index (χ4n) is 1.71. The second-order valence-electron chi connectivity index (χ2n) is 3.51. The van der Waals surface area contributed by atoms with Gasteiger partial charge in [-0.05, 0) is 19.4 Å². The number of nitrogens with one attached hydrogen (secondary N) is 1. The van der Waals surface area contributed by atoms with E-state index >= 15 is 0 Å². The van der Waals surface area contributed by atoms with Crippen LogP contribution in [-0.4, -0.2) is 33.9 Å². The van der Waals surface area contributed by atoms with Crippen LogP contribution < -0.4 is 5.32 Å². The maximum Gasteiger partial charge on any atom is 0.338 e. The molecule has 0 aromatic carbocycles. The van der Waals surface area contributed by atoms with Crippen LogP contribution in [0.5, 0.6) is 0 Å². The standard InChI is InChI=1S/C9H13N3O2/c13-9(14)7-4-11-12(6-7)8-2-1-3-10-5-8/h4,6,8,10H,1-3,5H2,(H,13,14)/t8-/m0/s1. The summed E-state index contributed by atoms with van der Waals surface area (Å²) in [5, 5.41) is 16.0. The Morgan fingerprint density at radius 1 is 1.71 bits per heavy atom. The zero-order valence-electron chi connectivity index (χ0n) is 7.81. The fourth-order valence-corrected chi connectivity index (χ4v) is 1.71. The van der Waals surface area contributed by atoms with Crippen LogP contribution >= 0.6 is 0 Å². The Morgan fingerprint density at radius 3 is 3.14 bits per heavy atom. The van der Waals surface area contributed by atoms with E-state index in [4.69, 9.17) is 5.11 Å². The summed E-state index contributed by atoms with van der Waals surface area (Å²) in [7, 11) is 0. The van der Waals surface area contributed by atoms with Crippen LogP contribution in [0.3, 0.4) is 0 Å². The molecule has 76 valence electrons. The van der Waals surface area contributed by atoms with Crippen LogP contribution in [-0.2, 0) is 0 Å². The molecule has 0 aliphatic carbocycles. The molecule has 0 bridgehead atoms. The SMILES string of the molecule is O=C(O)c1cnn([C@H]2CCCNC2)c1.